The minimum Gasteiger partial charge on any atom is -0.482 e. The molecule has 1 aromatic heterocycles. The van der Waals surface area contributed by atoms with Crippen molar-refractivity contribution in [1.29, 1.82) is 5.26 Å². The third-order valence-corrected chi connectivity index (χ3v) is 5.41. The van der Waals surface area contributed by atoms with Gasteiger partial charge in [0.2, 0.25) is 0 Å². The second-order valence-electron chi connectivity index (χ2n) is 7.01. The standard InChI is InChI=1S/C22H20BrN3O4/c23-19-5-3-4-17(25-19)12-15(13-24)21(29)26-22(10-1-2-11-22)16-6-8-18(9-7-16)30-14-20(27)28/h3-9,12H,1-2,10-11,14H2,(H,26,29)(H,27,28). The van der Waals surface area contributed by atoms with Crippen LogP contribution in [0.15, 0.2) is 52.6 Å². The summed E-state index contributed by atoms with van der Waals surface area (Å²) >= 11 is 3.28. The van der Waals surface area contributed by atoms with Crippen LogP contribution in [0.5, 0.6) is 5.75 Å². The number of nitrogens with one attached hydrogen (secondary N) is 1. The lowest BCUT2D eigenvalue weighted by atomic mass is 9.87. The zero-order valence-electron chi connectivity index (χ0n) is 16.1. The molecule has 2 aromatic rings. The fourth-order valence-corrected chi connectivity index (χ4v) is 3.92. The number of halogens is 1. The van der Waals surface area contributed by atoms with Gasteiger partial charge in [0.15, 0.2) is 6.61 Å². The molecule has 8 heteroatoms. The SMILES string of the molecule is N#CC(=Cc1cccc(Br)n1)C(=O)NC1(c2ccc(OCC(=O)O)cc2)CCCC1. The van der Waals surface area contributed by atoms with Gasteiger partial charge in [0.25, 0.3) is 5.91 Å². The number of hydrogen-bond donors (Lipinski definition) is 2. The summed E-state index contributed by atoms with van der Waals surface area (Å²) in [6, 6.07) is 14.3. The molecule has 0 bridgehead atoms. The van der Waals surface area contributed by atoms with Crippen molar-refractivity contribution in [3.8, 4) is 11.8 Å². The maximum absolute atomic E-state index is 12.9. The van der Waals surface area contributed by atoms with Gasteiger partial charge in [-0.3, -0.25) is 4.79 Å². The van der Waals surface area contributed by atoms with Crippen molar-refractivity contribution in [1.82, 2.24) is 10.3 Å². The summed E-state index contributed by atoms with van der Waals surface area (Å²) in [5.41, 5.74) is 0.807. The number of ether oxygens (including phenoxy) is 1. The van der Waals surface area contributed by atoms with E-state index in [1.165, 1.54) is 6.08 Å². The van der Waals surface area contributed by atoms with E-state index in [0.29, 0.717) is 16.0 Å². The molecule has 1 aromatic carbocycles. The molecule has 1 heterocycles. The number of benzene rings is 1. The highest BCUT2D eigenvalue weighted by Gasteiger charge is 2.37. The minimum atomic E-state index is -1.05. The van der Waals surface area contributed by atoms with E-state index in [-0.39, 0.29) is 5.57 Å². The van der Waals surface area contributed by atoms with Gasteiger partial charge in [-0.2, -0.15) is 5.26 Å². The zero-order chi connectivity index (χ0) is 21.6. The van der Waals surface area contributed by atoms with Crippen LogP contribution < -0.4 is 10.1 Å². The summed E-state index contributed by atoms with van der Waals surface area (Å²) in [6.45, 7) is -0.415. The number of hydrogen-bond acceptors (Lipinski definition) is 5. The molecule has 1 fully saturated rings. The average molecular weight is 470 g/mol. The van der Waals surface area contributed by atoms with Gasteiger partial charge in [-0.25, -0.2) is 9.78 Å². The fraction of sp³-hybridized carbons (Fsp3) is 0.273. The Morgan fingerprint density at radius 2 is 1.93 bits per heavy atom. The van der Waals surface area contributed by atoms with Crippen LogP contribution in [0.4, 0.5) is 0 Å². The molecule has 0 atom stereocenters. The Hall–Kier alpha value is -3.18. The molecular formula is C22H20BrN3O4. The first-order valence-corrected chi connectivity index (χ1v) is 10.2. The van der Waals surface area contributed by atoms with E-state index in [1.807, 2.05) is 18.2 Å². The lowest BCUT2D eigenvalue weighted by Gasteiger charge is -2.31. The molecule has 1 aliphatic rings. The number of carboxylic acid groups (broad SMARTS) is 1. The number of pyridine rings is 1. The van der Waals surface area contributed by atoms with Gasteiger partial charge in [0, 0.05) is 0 Å². The number of aliphatic carboxylic acids is 1. The van der Waals surface area contributed by atoms with Crippen molar-refractivity contribution in [3.63, 3.8) is 0 Å². The number of amides is 1. The molecule has 0 radical (unpaired) electrons. The Kier molecular flexibility index (Phi) is 6.85. The number of carbonyl (C=O) groups is 2. The highest BCUT2D eigenvalue weighted by Crippen LogP contribution is 2.39. The maximum Gasteiger partial charge on any atom is 0.341 e. The fourth-order valence-electron chi connectivity index (χ4n) is 3.57. The molecule has 30 heavy (non-hydrogen) atoms. The van der Waals surface area contributed by atoms with Crippen molar-refractivity contribution in [2.75, 3.05) is 6.61 Å². The topological polar surface area (TPSA) is 112 Å². The minimum absolute atomic E-state index is 0.0201. The Balaban J connectivity index is 1.81. The smallest absolute Gasteiger partial charge is 0.341 e. The van der Waals surface area contributed by atoms with E-state index in [9.17, 15) is 14.9 Å². The van der Waals surface area contributed by atoms with E-state index in [2.05, 4.69) is 26.2 Å². The number of carboxylic acids is 1. The van der Waals surface area contributed by atoms with Crippen LogP contribution in [-0.4, -0.2) is 28.6 Å². The van der Waals surface area contributed by atoms with Crippen LogP contribution >= 0.6 is 15.9 Å². The molecule has 1 aliphatic carbocycles. The lowest BCUT2D eigenvalue weighted by molar-refractivity contribution is -0.139. The summed E-state index contributed by atoms with van der Waals surface area (Å²) in [6.07, 6.45) is 4.88. The van der Waals surface area contributed by atoms with E-state index in [0.717, 1.165) is 31.2 Å². The molecule has 3 rings (SSSR count). The molecule has 154 valence electrons. The second kappa shape index (κ2) is 9.55. The molecule has 0 spiro atoms. The van der Waals surface area contributed by atoms with Crippen molar-refractivity contribution in [3.05, 3.63) is 63.9 Å². The molecule has 0 saturated heterocycles. The molecule has 0 aliphatic heterocycles. The number of rotatable bonds is 7. The van der Waals surface area contributed by atoms with Crippen LogP contribution in [-0.2, 0) is 15.1 Å². The van der Waals surface area contributed by atoms with Crippen LogP contribution in [0.3, 0.4) is 0 Å². The predicted molar refractivity (Wildman–Crippen MR) is 113 cm³/mol. The lowest BCUT2D eigenvalue weighted by Crippen LogP contribution is -2.44. The van der Waals surface area contributed by atoms with E-state index < -0.39 is 24.0 Å². The third kappa shape index (κ3) is 5.24. The van der Waals surface area contributed by atoms with Gasteiger partial charge >= 0.3 is 5.97 Å². The van der Waals surface area contributed by atoms with E-state index >= 15 is 0 Å². The monoisotopic (exact) mass is 469 g/mol. The Labute approximate surface area is 182 Å². The van der Waals surface area contributed by atoms with Gasteiger partial charge in [-0.15, -0.1) is 0 Å². The summed E-state index contributed by atoms with van der Waals surface area (Å²) in [7, 11) is 0. The molecule has 7 nitrogen and oxygen atoms in total. The number of carbonyl (C=O) groups excluding carboxylic acids is 1. The van der Waals surface area contributed by atoms with Crippen LogP contribution in [0.2, 0.25) is 0 Å². The Morgan fingerprint density at radius 1 is 1.23 bits per heavy atom. The number of aromatic nitrogens is 1. The first-order chi connectivity index (χ1) is 14.4. The van der Waals surface area contributed by atoms with E-state index in [1.54, 1.807) is 30.3 Å². The molecule has 0 unspecified atom stereocenters. The largest absolute Gasteiger partial charge is 0.482 e. The quantitative estimate of drug-likeness (QED) is 0.362. The van der Waals surface area contributed by atoms with Crippen molar-refractivity contribution < 1.29 is 19.4 Å². The molecular weight excluding hydrogens is 450 g/mol. The van der Waals surface area contributed by atoms with E-state index in [4.69, 9.17) is 9.84 Å². The zero-order valence-corrected chi connectivity index (χ0v) is 17.7. The summed E-state index contributed by atoms with van der Waals surface area (Å²) in [5.74, 6) is -1.05. The van der Waals surface area contributed by atoms with Gasteiger partial charge in [0.1, 0.15) is 22.0 Å². The summed E-state index contributed by atoms with van der Waals surface area (Å²) in [4.78, 5) is 27.8. The van der Waals surface area contributed by atoms with Gasteiger partial charge in [-0.05, 0) is 64.7 Å². The average Bonchev–Trinajstić information content (AvgIpc) is 3.20. The summed E-state index contributed by atoms with van der Waals surface area (Å²) < 4.78 is 5.80. The van der Waals surface area contributed by atoms with Gasteiger partial charge in [-0.1, -0.05) is 31.0 Å². The van der Waals surface area contributed by atoms with Crippen LogP contribution in [0.25, 0.3) is 6.08 Å². The first-order valence-electron chi connectivity index (χ1n) is 9.44. The molecule has 1 saturated carbocycles. The Bertz CT molecular complexity index is 1010. The third-order valence-electron chi connectivity index (χ3n) is 4.97. The van der Waals surface area contributed by atoms with Crippen molar-refractivity contribution in [2.45, 2.75) is 31.2 Å². The normalized spacial score (nSPS) is 15.3. The first kappa shape index (κ1) is 21.5. The second-order valence-corrected chi connectivity index (χ2v) is 7.82. The molecule has 1 amide bonds. The van der Waals surface area contributed by atoms with Gasteiger partial charge in [0.05, 0.1) is 11.2 Å². The number of nitrogens with zero attached hydrogens (tertiary/aromatic N) is 2. The van der Waals surface area contributed by atoms with Crippen LogP contribution in [0, 0.1) is 11.3 Å². The Morgan fingerprint density at radius 3 is 2.53 bits per heavy atom. The maximum atomic E-state index is 12.9. The van der Waals surface area contributed by atoms with Crippen molar-refractivity contribution in [2.24, 2.45) is 0 Å². The predicted octanol–water partition coefficient (Wildman–Crippen LogP) is 3.80. The summed E-state index contributed by atoms with van der Waals surface area (Å²) in [5, 5.41) is 21.3. The van der Waals surface area contributed by atoms with Crippen molar-refractivity contribution >= 4 is 33.9 Å². The van der Waals surface area contributed by atoms with Gasteiger partial charge < -0.3 is 15.2 Å². The van der Waals surface area contributed by atoms with Crippen LogP contribution in [0.1, 0.15) is 36.9 Å². The highest BCUT2D eigenvalue weighted by molar-refractivity contribution is 9.10. The molecule has 2 N–H and O–H groups in total. The highest BCUT2D eigenvalue weighted by atomic mass is 79.9. The number of nitriles is 1.